The maximum atomic E-state index is 5.44. The minimum Gasteiger partial charge on any atom is -0.381 e. The maximum Gasteiger partial charge on any atom is 0.164 e. The summed E-state index contributed by atoms with van der Waals surface area (Å²) in [5, 5.41) is 4.40. The maximum absolute atomic E-state index is 5.44. The summed E-state index contributed by atoms with van der Waals surface area (Å²) in [6.45, 7) is 8.05. The molecule has 0 aliphatic carbocycles. The van der Waals surface area contributed by atoms with E-state index in [9.17, 15) is 0 Å². The molecular weight excluding hydrogens is 370 g/mol. The molecule has 0 spiro atoms. The van der Waals surface area contributed by atoms with Gasteiger partial charge in [0, 0.05) is 31.0 Å². The summed E-state index contributed by atoms with van der Waals surface area (Å²) in [6.07, 6.45) is 4.65. The van der Waals surface area contributed by atoms with Crippen LogP contribution in [0.1, 0.15) is 30.3 Å². The first-order chi connectivity index (χ1) is 13.7. The van der Waals surface area contributed by atoms with Gasteiger partial charge in [-0.2, -0.15) is 0 Å². The third-order valence-corrected chi connectivity index (χ3v) is 6.49. The fourth-order valence-electron chi connectivity index (χ4n) is 4.09. The van der Waals surface area contributed by atoms with E-state index in [4.69, 9.17) is 9.72 Å². The van der Waals surface area contributed by atoms with Gasteiger partial charge in [0.15, 0.2) is 5.82 Å². The van der Waals surface area contributed by atoms with E-state index in [1.807, 2.05) is 0 Å². The Balaban J connectivity index is 1.49. The van der Waals surface area contributed by atoms with Crippen LogP contribution in [0, 0.1) is 0 Å². The molecule has 2 aliphatic rings. The zero-order chi connectivity index (χ0) is 19.1. The average molecular weight is 394 g/mol. The Hall–Kier alpha value is -2.51. The number of para-hydroxylation sites is 1. The second-order valence-electron chi connectivity index (χ2n) is 7.43. The molecule has 1 atom stereocenters. The van der Waals surface area contributed by atoms with E-state index in [1.165, 1.54) is 11.3 Å². The van der Waals surface area contributed by atoms with Gasteiger partial charge in [-0.3, -0.25) is 0 Å². The molecule has 3 aromatic rings. The Kier molecular flexibility index (Phi) is 4.49. The van der Waals surface area contributed by atoms with Gasteiger partial charge in [-0.15, -0.1) is 0 Å². The molecule has 1 fully saturated rings. The van der Waals surface area contributed by atoms with E-state index in [0.717, 1.165) is 59.3 Å². The quantitative estimate of drug-likeness (QED) is 0.725. The highest BCUT2D eigenvalue weighted by Gasteiger charge is 2.30. The lowest BCUT2D eigenvalue weighted by atomic mass is 10.1. The highest BCUT2D eigenvalue weighted by Crippen LogP contribution is 2.40. The van der Waals surface area contributed by atoms with Crippen LogP contribution in [0.15, 0.2) is 37.2 Å². The predicted octanol–water partition coefficient (Wildman–Crippen LogP) is 3.91. The molecule has 6 nitrogen and oxygen atoms in total. The van der Waals surface area contributed by atoms with Gasteiger partial charge in [0.05, 0.1) is 5.70 Å². The normalized spacial score (nSPS) is 19.8. The van der Waals surface area contributed by atoms with Crippen LogP contribution in [0.4, 0.5) is 11.5 Å². The van der Waals surface area contributed by atoms with Gasteiger partial charge < -0.3 is 15.0 Å². The molecule has 0 bridgehead atoms. The molecule has 2 aliphatic heterocycles. The van der Waals surface area contributed by atoms with Crippen molar-refractivity contribution >= 4 is 38.9 Å². The van der Waals surface area contributed by atoms with Crippen LogP contribution in [0.2, 0.25) is 0 Å². The van der Waals surface area contributed by atoms with E-state index in [1.54, 1.807) is 17.7 Å². The minimum atomic E-state index is 0.337. The molecule has 1 N–H and O–H groups in total. The van der Waals surface area contributed by atoms with Crippen LogP contribution in [0.3, 0.4) is 0 Å². The first-order valence-electron chi connectivity index (χ1n) is 9.73. The molecule has 4 heterocycles. The van der Waals surface area contributed by atoms with E-state index in [-0.39, 0.29) is 0 Å². The van der Waals surface area contributed by atoms with Crippen molar-refractivity contribution in [1.29, 1.82) is 0 Å². The van der Waals surface area contributed by atoms with Crippen molar-refractivity contribution in [2.24, 2.45) is 0 Å². The van der Waals surface area contributed by atoms with Gasteiger partial charge in [0.2, 0.25) is 0 Å². The summed E-state index contributed by atoms with van der Waals surface area (Å²) < 4.78 is 5.44. The third kappa shape index (κ3) is 3.04. The fourth-order valence-corrected chi connectivity index (χ4v) is 4.92. The number of aromatic nitrogens is 3. The number of fused-ring (bicyclic) bond motifs is 2. The van der Waals surface area contributed by atoms with Gasteiger partial charge in [-0.05, 0) is 37.8 Å². The number of ether oxygens (including phenoxy) is 1. The van der Waals surface area contributed by atoms with Crippen molar-refractivity contribution in [2.45, 2.75) is 38.3 Å². The number of hydrogen-bond donors (Lipinski definition) is 1. The van der Waals surface area contributed by atoms with Gasteiger partial charge in [0.1, 0.15) is 21.7 Å². The monoisotopic (exact) mass is 393 g/mol. The minimum absolute atomic E-state index is 0.337. The Morgan fingerprint density at radius 2 is 2.07 bits per heavy atom. The number of benzene rings is 1. The SMILES string of the molecule is C=C(NC1CCOCC1)c1nc2c(N3c4ccccc4CC3C)ncnc2s1. The Morgan fingerprint density at radius 1 is 1.25 bits per heavy atom. The molecule has 1 saturated heterocycles. The third-order valence-electron chi connectivity index (χ3n) is 5.47. The van der Waals surface area contributed by atoms with Crippen LogP contribution in [0.5, 0.6) is 0 Å². The Morgan fingerprint density at radius 3 is 2.93 bits per heavy atom. The molecule has 2 aromatic heterocycles. The highest BCUT2D eigenvalue weighted by atomic mass is 32.1. The van der Waals surface area contributed by atoms with Crippen LogP contribution in [0.25, 0.3) is 16.0 Å². The lowest BCUT2D eigenvalue weighted by Crippen LogP contribution is -2.33. The summed E-state index contributed by atoms with van der Waals surface area (Å²) in [6, 6.07) is 9.25. The van der Waals surface area contributed by atoms with Gasteiger partial charge in [0.25, 0.3) is 0 Å². The highest BCUT2D eigenvalue weighted by molar-refractivity contribution is 7.19. The predicted molar refractivity (Wildman–Crippen MR) is 113 cm³/mol. The summed E-state index contributed by atoms with van der Waals surface area (Å²) in [5.74, 6) is 0.879. The van der Waals surface area contributed by atoms with Gasteiger partial charge >= 0.3 is 0 Å². The molecule has 0 saturated carbocycles. The van der Waals surface area contributed by atoms with Gasteiger partial charge in [-0.25, -0.2) is 15.0 Å². The van der Waals surface area contributed by atoms with Crippen molar-refractivity contribution in [2.75, 3.05) is 18.1 Å². The smallest absolute Gasteiger partial charge is 0.164 e. The van der Waals surface area contributed by atoms with Crippen LogP contribution in [-0.2, 0) is 11.2 Å². The Bertz CT molecular complexity index is 1030. The second kappa shape index (κ2) is 7.14. The van der Waals surface area contributed by atoms with E-state index in [0.29, 0.717) is 12.1 Å². The lowest BCUT2D eigenvalue weighted by Gasteiger charge is -2.24. The fraction of sp³-hybridized carbons (Fsp3) is 0.381. The van der Waals surface area contributed by atoms with E-state index >= 15 is 0 Å². The van der Waals surface area contributed by atoms with Crippen molar-refractivity contribution in [1.82, 2.24) is 20.3 Å². The zero-order valence-corrected chi connectivity index (χ0v) is 16.7. The topological polar surface area (TPSA) is 63.2 Å². The van der Waals surface area contributed by atoms with Crippen molar-refractivity contribution in [3.05, 3.63) is 47.7 Å². The van der Waals surface area contributed by atoms with Crippen LogP contribution < -0.4 is 10.2 Å². The van der Waals surface area contributed by atoms with E-state index in [2.05, 4.69) is 58.0 Å². The number of anilines is 2. The molecule has 28 heavy (non-hydrogen) atoms. The molecule has 7 heteroatoms. The number of hydrogen-bond acceptors (Lipinski definition) is 7. The zero-order valence-electron chi connectivity index (χ0n) is 15.9. The van der Waals surface area contributed by atoms with E-state index < -0.39 is 0 Å². The standard InChI is InChI=1S/C21H23N5OS/c1-13-11-15-5-3-4-6-17(15)26(13)19-18-21(23-12-22-19)28-20(25-18)14(2)24-16-7-9-27-10-8-16/h3-6,12-13,16,24H,2,7-11H2,1H3. The number of nitrogens with one attached hydrogen (secondary N) is 1. The number of thiazole rings is 1. The summed E-state index contributed by atoms with van der Waals surface area (Å²) >= 11 is 1.57. The van der Waals surface area contributed by atoms with Crippen molar-refractivity contribution in [3.8, 4) is 0 Å². The largest absolute Gasteiger partial charge is 0.381 e. The first-order valence-corrected chi connectivity index (χ1v) is 10.5. The number of nitrogens with zero attached hydrogens (tertiary/aromatic N) is 4. The van der Waals surface area contributed by atoms with Crippen molar-refractivity contribution in [3.63, 3.8) is 0 Å². The molecule has 1 unspecified atom stereocenters. The molecule has 1 aromatic carbocycles. The first kappa shape index (κ1) is 17.6. The molecule has 5 rings (SSSR count). The molecule has 144 valence electrons. The second-order valence-corrected chi connectivity index (χ2v) is 8.41. The van der Waals surface area contributed by atoms with Gasteiger partial charge in [-0.1, -0.05) is 36.1 Å². The number of rotatable bonds is 4. The Labute approximate surface area is 168 Å². The summed E-state index contributed by atoms with van der Waals surface area (Å²) in [4.78, 5) is 17.2. The molecular formula is C21H23N5OS. The van der Waals surface area contributed by atoms with Crippen LogP contribution in [-0.4, -0.2) is 40.2 Å². The molecule has 0 radical (unpaired) electrons. The molecule has 0 amide bonds. The summed E-state index contributed by atoms with van der Waals surface area (Å²) in [7, 11) is 0. The van der Waals surface area contributed by atoms with Crippen molar-refractivity contribution < 1.29 is 4.74 Å². The summed E-state index contributed by atoms with van der Waals surface area (Å²) in [5.41, 5.74) is 4.27. The average Bonchev–Trinajstić information content (AvgIpc) is 3.29. The van der Waals surface area contributed by atoms with Crippen LogP contribution >= 0.6 is 11.3 Å². The lowest BCUT2D eigenvalue weighted by molar-refractivity contribution is 0.0819.